The molecule has 1 saturated heterocycles. The van der Waals surface area contributed by atoms with Gasteiger partial charge in [0, 0.05) is 4.88 Å². The number of rotatable bonds is 3. The maximum atomic E-state index is 11.5. The second kappa shape index (κ2) is 5.14. The molecule has 2 heterocycles. The van der Waals surface area contributed by atoms with Crippen LogP contribution in [0.3, 0.4) is 0 Å². The van der Waals surface area contributed by atoms with Crippen LogP contribution in [0.25, 0.3) is 0 Å². The lowest BCUT2D eigenvalue weighted by Crippen LogP contribution is -2.50. The maximum absolute atomic E-state index is 11.5. The third kappa shape index (κ3) is 3.66. The van der Waals surface area contributed by atoms with Gasteiger partial charge in [-0.1, -0.05) is 6.07 Å². The lowest BCUT2D eigenvalue weighted by Gasteiger charge is -2.25. The fourth-order valence-corrected chi connectivity index (χ4v) is 5.06. The van der Waals surface area contributed by atoms with E-state index in [1.54, 1.807) is 11.3 Å². The number of nitrogens with one attached hydrogen (secondary N) is 2. The van der Waals surface area contributed by atoms with Crippen LogP contribution in [0.4, 0.5) is 0 Å². The van der Waals surface area contributed by atoms with E-state index in [9.17, 15) is 8.42 Å². The molecule has 18 heavy (non-hydrogen) atoms. The first-order valence-electron chi connectivity index (χ1n) is 5.67. The molecule has 7 heteroatoms. The molecule has 1 fully saturated rings. The van der Waals surface area contributed by atoms with E-state index >= 15 is 0 Å². The SMILES string of the molecule is C[C@@]1(NC(=S)NCc2cccs2)CCS(=O)(=O)C1. The average Bonchev–Trinajstić information content (AvgIpc) is 2.84. The number of hydrogen-bond acceptors (Lipinski definition) is 4. The molecule has 4 nitrogen and oxygen atoms in total. The van der Waals surface area contributed by atoms with E-state index in [-0.39, 0.29) is 11.5 Å². The molecule has 1 aromatic heterocycles. The quantitative estimate of drug-likeness (QED) is 0.824. The van der Waals surface area contributed by atoms with Crippen molar-refractivity contribution >= 4 is 38.5 Å². The Morgan fingerprint density at radius 2 is 2.39 bits per heavy atom. The highest BCUT2D eigenvalue weighted by Crippen LogP contribution is 2.22. The molecule has 2 rings (SSSR count). The molecular formula is C11H16N2O2S3. The van der Waals surface area contributed by atoms with Gasteiger partial charge >= 0.3 is 0 Å². The molecule has 0 unspecified atom stereocenters. The molecule has 1 aromatic rings. The minimum absolute atomic E-state index is 0.154. The van der Waals surface area contributed by atoms with Crippen molar-refractivity contribution in [1.82, 2.24) is 10.6 Å². The van der Waals surface area contributed by atoms with Crippen LogP contribution >= 0.6 is 23.6 Å². The van der Waals surface area contributed by atoms with Gasteiger partial charge in [-0.2, -0.15) is 0 Å². The summed E-state index contributed by atoms with van der Waals surface area (Å²) in [6, 6.07) is 4.02. The van der Waals surface area contributed by atoms with Gasteiger partial charge in [0.1, 0.15) is 0 Å². The van der Waals surface area contributed by atoms with E-state index in [0.717, 1.165) is 0 Å². The predicted octanol–water partition coefficient (Wildman–Crippen LogP) is 1.29. The monoisotopic (exact) mass is 304 g/mol. The summed E-state index contributed by atoms with van der Waals surface area (Å²) in [5.74, 6) is 0.394. The minimum atomic E-state index is -2.91. The van der Waals surface area contributed by atoms with Gasteiger partial charge in [0.05, 0.1) is 23.6 Å². The first-order valence-corrected chi connectivity index (χ1v) is 8.78. The summed E-state index contributed by atoms with van der Waals surface area (Å²) in [5.41, 5.74) is -0.432. The van der Waals surface area contributed by atoms with Gasteiger partial charge < -0.3 is 10.6 Å². The van der Waals surface area contributed by atoms with Crippen molar-refractivity contribution in [3.8, 4) is 0 Å². The first kappa shape index (κ1) is 13.8. The molecule has 0 spiro atoms. The van der Waals surface area contributed by atoms with Gasteiger partial charge in [-0.25, -0.2) is 8.42 Å². The lowest BCUT2D eigenvalue weighted by atomic mass is 10.0. The van der Waals surface area contributed by atoms with Crippen molar-refractivity contribution in [2.75, 3.05) is 11.5 Å². The van der Waals surface area contributed by atoms with Crippen molar-refractivity contribution in [2.24, 2.45) is 0 Å². The summed E-state index contributed by atoms with van der Waals surface area (Å²) in [4.78, 5) is 1.20. The summed E-state index contributed by atoms with van der Waals surface area (Å²) in [5, 5.41) is 8.75. The first-order chi connectivity index (χ1) is 8.39. The van der Waals surface area contributed by atoms with E-state index < -0.39 is 15.4 Å². The van der Waals surface area contributed by atoms with Gasteiger partial charge in [-0.3, -0.25) is 0 Å². The Morgan fingerprint density at radius 3 is 2.94 bits per heavy atom. The average molecular weight is 304 g/mol. The highest BCUT2D eigenvalue weighted by atomic mass is 32.2. The Balaban J connectivity index is 1.84. The second-order valence-electron chi connectivity index (χ2n) is 4.79. The Labute approximate surface area is 117 Å². The molecular weight excluding hydrogens is 288 g/mol. The number of thiocarbonyl (C=S) groups is 1. The Kier molecular flexibility index (Phi) is 3.93. The molecule has 1 aliphatic rings. The van der Waals surface area contributed by atoms with Crippen molar-refractivity contribution < 1.29 is 8.42 Å². The minimum Gasteiger partial charge on any atom is -0.358 e. The van der Waals surface area contributed by atoms with Crippen molar-refractivity contribution in [3.05, 3.63) is 22.4 Å². The summed E-state index contributed by atoms with van der Waals surface area (Å²) in [7, 11) is -2.91. The standard InChI is InChI=1S/C11H16N2O2S3/c1-11(4-6-18(14,15)8-11)13-10(16)12-7-9-3-2-5-17-9/h2-3,5H,4,6-8H2,1H3,(H2,12,13,16)/t11-/m1/s1. The van der Waals surface area contributed by atoms with Crippen LogP contribution in [0.5, 0.6) is 0 Å². The number of hydrogen-bond donors (Lipinski definition) is 2. The van der Waals surface area contributed by atoms with E-state index in [2.05, 4.69) is 10.6 Å². The fourth-order valence-electron chi connectivity index (χ4n) is 2.01. The normalized spacial score (nSPS) is 25.8. The van der Waals surface area contributed by atoms with E-state index in [4.69, 9.17) is 12.2 Å². The highest BCUT2D eigenvalue weighted by molar-refractivity contribution is 7.91. The molecule has 0 aliphatic carbocycles. The summed E-state index contributed by atoms with van der Waals surface area (Å²) >= 11 is 6.86. The Bertz CT molecular complexity index is 524. The van der Waals surface area contributed by atoms with Crippen LogP contribution in [-0.2, 0) is 16.4 Å². The molecule has 100 valence electrons. The van der Waals surface area contributed by atoms with Gasteiger partial charge in [0.2, 0.25) is 0 Å². The second-order valence-corrected chi connectivity index (χ2v) is 8.41. The summed E-state index contributed by atoms with van der Waals surface area (Å²) in [6.07, 6.45) is 0.607. The van der Waals surface area contributed by atoms with Gasteiger partial charge in [-0.05, 0) is 37.0 Å². The van der Waals surface area contributed by atoms with Crippen LogP contribution in [0.15, 0.2) is 17.5 Å². The Hall–Kier alpha value is -0.660. The molecule has 0 aromatic carbocycles. The molecule has 0 bridgehead atoms. The van der Waals surface area contributed by atoms with Crippen molar-refractivity contribution in [2.45, 2.75) is 25.4 Å². The number of sulfone groups is 1. The molecule has 1 aliphatic heterocycles. The molecule has 1 atom stereocenters. The van der Waals surface area contributed by atoms with Crippen molar-refractivity contribution in [3.63, 3.8) is 0 Å². The van der Waals surface area contributed by atoms with Crippen molar-refractivity contribution in [1.29, 1.82) is 0 Å². The maximum Gasteiger partial charge on any atom is 0.167 e. The molecule has 2 N–H and O–H groups in total. The van der Waals surface area contributed by atoms with Gasteiger partial charge in [0.15, 0.2) is 14.9 Å². The Morgan fingerprint density at radius 1 is 1.61 bits per heavy atom. The van der Waals surface area contributed by atoms with Gasteiger partial charge in [0.25, 0.3) is 0 Å². The van der Waals surface area contributed by atoms with E-state index in [1.807, 2.05) is 24.4 Å². The zero-order valence-electron chi connectivity index (χ0n) is 10.1. The summed E-state index contributed by atoms with van der Waals surface area (Å²) in [6.45, 7) is 2.57. The molecule has 0 saturated carbocycles. The van der Waals surface area contributed by atoms with Gasteiger partial charge in [-0.15, -0.1) is 11.3 Å². The third-order valence-corrected chi connectivity index (χ3v) is 5.95. The van der Waals surface area contributed by atoms with Crippen LogP contribution in [-0.4, -0.2) is 30.6 Å². The zero-order chi connectivity index (χ0) is 13.2. The van der Waals surface area contributed by atoms with Crippen LogP contribution in [0, 0.1) is 0 Å². The lowest BCUT2D eigenvalue weighted by molar-refractivity contribution is 0.468. The van der Waals surface area contributed by atoms with Crippen LogP contribution < -0.4 is 10.6 Å². The molecule has 0 radical (unpaired) electrons. The van der Waals surface area contributed by atoms with E-state index in [0.29, 0.717) is 18.1 Å². The fraction of sp³-hybridized carbons (Fsp3) is 0.545. The third-order valence-electron chi connectivity index (χ3n) is 2.92. The predicted molar refractivity (Wildman–Crippen MR) is 78.6 cm³/mol. The zero-order valence-corrected chi connectivity index (χ0v) is 12.6. The molecule has 0 amide bonds. The largest absolute Gasteiger partial charge is 0.358 e. The van der Waals surface area contributed by atoms with Crippen LogP contribution in [0.1, 0.15) is 18.2 Å². The van der Waals surface area contributed by atoms with Crippen LogP contribution in [0.2, 0.25) is 0 Å². The topological polar surface area (TPSA) is 58.2 Å². The van der Waals surface area contributed by atoms with E-state index in [1.165, 1.54) is 4.88 Å². The smallest absolute Gasteiger partial charge is 0.167 e. The summed E-state index contributed by atoms with van der Waals surface area (Å²) < 4.78 is 22.9. The number of thiophene rings is 1. The highest BCUT2D eigenvalue weighted by Gasteiger charge is 2.38.